The Labute approximate surface area is 319 Å². The second kappa shape index (κ2) is 18.1. The molecule has 2 N–H and O–H groups in total. The summed E-state index contributed by atoms with van der Waals surface area (Å²) >= 11 is 0. The highest BCUT2D eigenvalue weighted by Crippen LogP contribution is 2.44. The standard InChI is InChI=1S/C30H39S.C18H15S.2H2O/c1-28(2,3)22-16-10-13-19-25(22)31(26-20-14-11-17-23(26)29(4,5)6)27-21-15-12-18-24(27)30(7,8)9;1-4-10-16(11-5-1)19(17-12-6-2-7-13-17)18-14-8-3-9-15-18;;/h10-21H,1-9H3;1-15H;2*1H2/q2*+1;;/p-2. The van der Waals surface area contributed by atoms with Crippen LogP contribution in [0.3, 0.4) is 0 Å². The fourth-order valence-corrected chi connectivity index (χ4v) is 11.5. The second-order valence-corrected chi connectivity index (χ2v) is 19.7. The molecular formula is C48H56O2S2. The SMILES string of the molecule is CC(C)(C)c1ccccc1[S+](c1ccccc1C(C)(C)C)c1ccccc1C(C)(C)C.[OH-].[OH-].c1ccc([S+](c2ccccc2)c2ccccc2)cc1. The van der Waals surface area contributed by atoms with Crippen LogP contribution in [0.1, 0.15) is 79.0 Å². The van der Waals surface area contributed by atoms with E-state index < -0.39 is 0 Å². The number of hydrogen-bond donors (Lipinski definition) is 0. The van der Waals surface area contributed by atoms with Gasteiger partial charge in [-0.05, 0) is 70.8 Å². The summed E-state index contributed by atoms with van der Waals surface area (Å²) < 4.78 is 0. The molecule has 0 unspecified atom stereocenters. The molecule has 6 aromatic rings. The van der Waals surface area contributed by atoms with E-state index in [1.807, 2.05) is 0 Å². The third-order valence-electron chi connectivity index (χ3n) is 8.68. The van der Waals surface area contributed by atoms with Crippen molar-refractivity contribution >= 4 is 21.8 Å². The van der Waals surface area contributed by atoms with Crippen LogP contribution in [0.15, 0.2) is 193 Å². The molecule has 4 heteroatoms. The summed E-state index contributed by atoms with van der Waals surface area (Å²) in [4.78, 5) is 8.43. The van der Waals surface area contributed by atoms with E-state index in [0.29, 0.717) is 0 Å². The van der Waals surface area contributed by atoms with Gasteiger partial charge in [0.2, 0.25) is 0 Å². The zero-order chi connectivity index (χ0) is 35.9. The minimum absolute atomic E-state index is 0. The van der Waals surface area contributed by atoms with Gasteiger partial charge in [0, 0.05) is 16.7 Å². The highest BCUT2D eigenvalue weighted by atomic mass is 32.2. The van der Waals surface area contributed by atoms with Gasteiger partial charge in [-0.25, -0.2) is 0 Å². The first kappa shape index (κ1) is 42.4. The molecule has 0 aromatic heterocycles. The number of hydrogen-bond acceptors (Lipinski definition) is 2. The van der Waals surface area contributed by atoms with Crippen LogP contribution in [0.25, 0.3) is 0 Å². The van der Waals surface area contributed by atoms with Gasteiger partial charge < -0.3 is 11.0 Å². The highest BCUT2D eigenvalue weighted by Gasteiger charge is 2.40. The molecule has 0 amide bonds. The van der Waals surface area contributed by atoms with Gasteiger partial charge in [-0.15, -0.1) is 0 Å². The van der Waals surface area contributed by atoms with E-state index in [-0.39, 0.29) is 49.0 Å². The third kappa shape index (κ3) is 10.3. The lowest BCUT2D eigenvalue weighted by Gasteiger charge is -2.28. The lowest BCUT2D eigenvalue weighted by Crippen LogP contribution is -2.23. The second-order valence-electron chi connectivity index (χ2n) is 15.8. The maximum absolute atomic E-state index is 2.36. The molecule has 6 rings (SSSR count). The van der Waals surface area contributed by atoms with Crippen molar-refractivity contribution in [3.8, 4) is 0 Å². The molecule has 6 aromatic carbocycles. The number of benzene rings is 6. The Balaban J connectivity index is 0.000000298. The molecule has 0 saturated heterocycles. The molecule has 0 bridgehead atoms. The van der Waals surface area contributed by atoms with Gasteiger partial charge in [0.1, 0.15) is 10.9 Å². The van der Waals surface area contributed by atoms with Crippen LogP contribution in [0.2, 0.25) is 0 Å². The Morgan fingerprint density at radius 3 is 0.712 bits per heavy atom. The minimum atomic E-state index is -0.189. The minimum Gasteiger partial charge on any atom is -0.870 e. The first-order valence-corrected chi connectivity index (χ1v) is 20.1. The van der Waals surface area contributed by atoms with Crippen molar-refractivity contribution in [1.29, 1.82) is 0 Å². The Bertz CT molecular complexity index is 1720. The molecule has 0 aliphatic carbocycles. The van der Waals surface area contributed by atoms with E-state index in [4.69, 9.17) is 0 Å². The van der Waals surface area contributed by atoms with Crippen LogP contribution in [0.5, 0.6) is 0 Å². The normalized spacial score (nSPS) is 11.6. The summed E-state index contributed by atoms with van der Waals surface area (Å²) in [5.74, 6) is 0. The quantitative estimate of drug-likeness (QED) is 0.160. The van der Waals surface area contributed by atoms with Gasteiger partial charge >= 0.3 is 0 Å². The molecule has 0 radical (unpaired) electrons. The van der Waals surface area contributed by atoms with Crippen LogP contribution in [-0.4, -0.2) is 11.0 Å². The van der Waals surface area contributed by atoms with Gasteiger partial charge in [-0.1, -0.05) is 172 Å². The summed E-state index contributed by atoms with van der Waals surface area (Å²) in [5.41, 5.74) is 4.54. The van der Waals surface area contributed by atoms with Crippen molar-refractivity contribution < 1.29 is 11.0 Å². The lowest BCUT2D eigenvalue weighted by molar-refractivity contribution is 0.570. The van der Waals surface area contributed by atoms with Gasteiger partial charge in [0.25, 0.3) is 0 Å². The van der Waals surface area contributed by atoms with Crippen molar-refractivity contribution in [2.75, 3.05) is 0 Å². The fourth-order valence-electron chi connectivity index (χ4n) is 6.23. The van der Waals surface area contributed by atoms with Crippen molar-refractivity contribution in [1.82, 2.24) is 0 Å². The Morgan fingerprint density at radius 1 is 0.269 bits per heavy atom. The summed E-state index contributed by atoms with van der Waals surface area (Å²) in [6.07, 6.45) is 0. The Morgan fingerprint density at radius 2 is 0.481 bits per heavy atom. The molecule has 272 valence electrons. The van der Waals surface area contributed by atoms with E-state index in [9.17, 15) is 0 Å². The van der Waals surface area contributed by atoms with E-state index in [2.05, 4.69) is 226 Å². The van der Waals surface area contributed by atoms with Gasteiger partial charge in [0.15, 0.2) is 29.4 Å². The predicted molar refractivity (Wildman–Crippen MR) is 223 cm³/mol. The van der Waals surface area contributed by atoms with E-state index in [0.717, 1.165) is 0 Å². The maximum Gasteiger partial charge on any atom is 0.170 e. The summed E-state index contributed by atoms with van der Waals surface area (Å²) in [6, 6.07) is 59.4. The smallest absolute Gasteiger partial charge is 0.170 e. The van der Waals surface area contributed by atoms with Crippen LogP contribution in [0.4, 0.5) is 0 Å². The lowest BCUT2D eigenvalue weighted by atomic mass is 9.87. The summed E-state index contributed by atoms with van der Waals surface area (Å²) in [6.45, 7) is 21.0. The Kier molecular flexibility index (Phi) is 14.8. The highest BCUT2D eigenvalue weighted by molar-refractivity contribution is 7.97. The molecule has 0 saturated carbocycles. The largest absolute Gasteiger partial charge is 0.870 e. The summed E-state index contributed by atoms with van der Waals surface area (Å²) in [7, 11) is -0.203. The molecular weight excluding hydrogens is 673 g/mol. The molecule has 0 aliphatic rings. The average molecular weight is 729 g/mol. The van der Waals surface area contributed by atoms with Crippen molar-refractivity contribution in [2.45, 2.75) is 108 Å². The van der Waals surface area contributed by atoms with Crippen molar-refractivity contribution in [2.24, 2.45) is 0 Å². The molecule has 0 atom stereocenters. The first-order chi connectivity index (χ1) is 23.8. The van der Waals surface area contributed by atoms with E-state index in [1.54, 1.807) is 0 Å². The fraction of sp³-hybridized carbons (Fsp3) is 0.250. The molecule has 0 fully saturated rings. The molecule has 0 aliphatic heterocycles. The Hall–Kier alpha value is -4.06. The first-order valence-electron chi connectivity index (χ1n) is 17.7. The summed E-state index contributed by atoms with van der Waals surface area (Å²) in [5, 5.41) is 0. The van der Waals surface area contributed by atoms with Gasteiger partial charge in [-0.3, -0.25) is 0 Å². The van der Waals surface area contributed by atoms with Crippen LogP contribution in [0, 0.1) is 0 Å². The van der Waals surface area contributed by atoms with Crippen molar-refractivity contribution in [3.63, 3.8) is 0 Å². The molecule has 52 heavy (non-hydrogen) atoms. The molecule has 2 nitrogen and oxygen atoms in total. The van der Waals surface area contributed by atoms with Crippen LogP contribution >= 0.6 is 0 Å². The molecule has 0 spiro atoms. The van der Waals surface area contributed by atoms with Gasteiger partial charge in [-0.2, -0.15) is 0 Å². The zero-order valence-corrected chi connectivity index (χ0v) is 33.9. The van der Waals surface area contributed by atoms with E-state index >= 15 is 0 Å². The van der Waals surface area contributed by atoms with Gasteiger partial charge in [0.05, 0.1) is 10.9 Å². The number of rotatable bonds is 6. The maximum atomic E-state index is 2.36. The third-order valence-corrected chi connectivity index (χ3v) is 13.3. The topological polar surface area (TPSA) is 60.0 Å². The predicted octanol–water partition coefficient (Wildman–Crippen LogP) is 13.1. The van der Waals surface area contributed by atoms with Crippen LogP contribution in [-0.2, 0) is 38.0 Å². The van der Waals surface area contributed by atoms with E-state index in [1.165, 1.54) is 46.1 Å². The zero-order valence-electron chi connectivity index (χ0n) is 32.3. The average Bonchev–Trinajstić information content (AvgIpc) is 3.10. The monoisotopic (exact) mass is 728 g/mol. The van der Waals surface area contributed by atoms with Crippen LogP contribution < -0.4 is 0 Å². The molecule has 0 heterocycles. The van der Waals surface area contributed by atoms with Crippen molar-refractivity contribution in [3.05, 3.63) is 180 Å².